The molecule has 55 heavy (non-hydrogen) atoms. The predicted molar refractivity (Wildman–Crippen MR) is 187 cm³/mol. The number of hydrogen-bond donors (Lipinski definition) is 2. The van der Waals surface area contributed by atoms with Crippen LogP contribution in [0.4, 0.5) is 35.1 Å². The lowest BCUT2D eigenvalue weighted by molar-refractivity contribution is -0.267. The van der Waals surface area contributed by atoms with Gasteiger partial charge in [0.05, 0.1) is 26.3 Å². The van der Waals surface area contributed by atoms with Crippen LogP contribution in [0.1, 0.15) is 63.2 Å². The van der Waals surface area contributed by atoms with E-state index in [0.717, 1.165) is 24.3 Å². The zero-order chi connectivity index (χ0) is 41.0. The fraction of sp³-hybridized carbons (Fsp3) is 0.410. The number of methoxy groups -OCH3 is 2. The first-order valence-electron chi connectivity index (χ1n) is 16.8. The van der Waals surface area contributed by atoms with Gasteiger partial charge in [0.2, 0.25) is 0 Å². The van der Waals surface area contributed by atoms with Crippen LogP contribution in [0.25, 0.3) is 11.1 Å². The molecule has 0 amide bonds. The standard InChI is InChI=1S/C21H21F4NO3.C18H20F4N2O2/c1-19(2,14-10-13(22)8-9-16(14)28-3)12-20(27,21(23,24)25)11-18-26-15-6-4-5-7-17(15)29-18;1-16(2,14-9-12(19)6-7-15(14)26-3)11-17(25,18(20,21)22)10-13-5-4-8-23-24-13/h4-10,27H,11-12H2,1-3H3;4-9,25H,10-11H2,1-3H3. The van der Waals surface area contributed by atoms with Gasteiger partial charge in [0.1, 0.15) is 28.7 Å². The van der Waals surface area contributed by atoms with E-state index in [0.29, 0.717) is 11.1 Å². The number of hydrogen-bond acceptors (Lipinski definition) is 8. The summed E-state index contributed by atoms with van der Waals surface area (Å²) in [7, 11) is 2.70. The van der Waals surface area contributed by atoms with E-state index in [-0.39, 0.29) is 34.2 Å². The molecule has 5 aromatic rings. The molecule has 2 heterocycles. The third kappa shape index (κ3) is 10.1. The van der Waals surface area contributed by atoms with Crippen LogP contribution in [0.2, 0.25) is 0 Å². The Morgan fingerprint density at radius 1 is 0.655 bits per heavy atom. The Bertz CT molecular complexity index is 2020. The Balaban J connectivity index is 0.000000246. The Hall–Kier alpha value is -4.83. The number of aromatic nitrogens is 3. The van der Waals surface area contributed by atoms with Gasteiger partial charge < -0.3 is 24.1 Å². The van der Waals surface area contributed by atoms with Crippen LogP contribution in [0, 0.1) is 11.6 Å². The largest absolute Gasteiger partial charge is 0.496 e. The summed E-state index contributed by atoms with van der Waals surface area (Å²) in [4.78, 5) is 4.05. The number of alkyl halides is 6. The maximum absolute atomic E-state index is 13.9. The molecule has 2 aromatic heterocycles. The van der Waals surface area contributed by atoms with Gasteiger partial charge in [-0.25, -0.2) is 13.8 Å². The van der Waals surface area contributed by atoms with Crippen molar-refractivity contribution < 1.29 is 59.2 Å². The van der Waals surface area contributed by atoms with Crippen LogP contribution >= 0.6 is 0 Å². The molecule has 0 aliphatic heterocycles. The van der Waals surface area contributed by atoms with Gasteiger partial charge in [0.15, 0.2) is 22.7 Å². The van der Waals surface area contributed by atoms with E-state index in [1.54, 1.807) is 24.3 Å². The minimum absolute atomic E-state index is 0.00864. The number of rotatable bonds is 12. The molecule has 0 saturated heterocycles. The lowest BCUT2D eigenvalue weighted by Gasteiger charge is -2.38. The van der Waals surface area contributed by atoms with Gasteiger partial charge in [0, 0.05) is 23.7 Å². The van der Waals surface area contributed by atoms with Crippen molar-refractivity contribution >= 4 is 11.1 Å². The van der Waals surface area contributed by atoms with E-state index in [1.165, 1.54) is 72.4 Å². The average molecular weight is 784 g/mol. The van der Waals surface area contributed by atoms with Crippen molar-refractivity contribution in [1.29, 1.82) is 0 Å². The van der Waals surface area contributed by atoms with Gasteiger partial charge in [-0.3, -0.25) is 0 Å². The molecule has 16 heteroatoms. The number of oxazole rings is 1. The number of benzene rings is 3. The van der Waals surface area contributed by atoms with Gasteiger partial charge in [-0.15, -0.1) is 0 Å². The molecule has 8 nitrogen and oxygen atoms in total. The Kier molecular flexibility index (Phi) is 12.6. The molecule has 5 rings (SSSR count). The van der Waals surface area contributed by atoms with Crippen LogP contribution in [0.3, 0.4) is 0 Å². The number of nitrogens with zero attached hydrogens (tertiary/aromatic N) is 3. The lowest BCUT2D eigenvalue weighted by Crippen LogP contribution is -2.51. The molecule has 3 aromatic carbocycles. The summed E-state index contributed by atoms with van der Waals surface area (Å²) in [5.41, 5.74) is -7.52. The normalized spacial score (nSPS) is 14.8. The Morgan fingerprint density at radius 2 is 1.15 bits per heavy atom. The Labute approximate surface area is 312 Å². The summed E-state index contributed by atoms with van der Waals surface area (Å²) in [6.45, 7) is 5.98. The quantitative estimate of drug-likeness (QED) is 0.121. The van der Waals surface area contributed by atoms with Crippen LogP contribution in [0.15, 0.2) is 83.4 Å². The highest BCUT2D eigenvalue weighted by molar-refractivity contribution is 5.72. The fourth-order valence-corrected chi connectivity index (χ4v) is 6.57. The van der Waals surface area contributed by atoms with Crippen molar-refractivity contribution in [3.63, 3.8) is 0 Å². The molecule has 298 valence electrons. The van der Waals surface area contributed by atoms with Crippen LogP contribution in [-0.4, -0.2) is 63.2 Å². The van der Waals surface area contributed by atoms with Crippen molar-refractivity contribution in [3.8, 4) is 11.5 Å². The van der Waals surface area contributed by atoms with Gasteiger partial charge in [-0.1, -0.05) is 39.8 Å². The number of para-hydroxylation sites is 2. The molecule has 0 saturated carbocycles. The second-order valence-corrected chi connectivity index (χ2v) is 14.5. The minimum Gasteiger partial charge on any atom is -0.496 e. The molecule has 0 aliphatic rings. The van der Waals surface area contributed by atoms with Gasteiger partial charge in [-0.2, -0.15) is 36.5 Å². The summed E-state index contributed by atoms with van der Waals surface area (Å²) in [5, 5.41) is 28.4. The topological polar surface area (TPSA) is 111 Å². The second-order valence-electron chi connectivity index (χ2n) is 14.5. The highest BCUT2D eigenvalue weighted by Crippen LogP contribution is 2.46. The highest BCUT2D eigenvalue weighted by atomic mass is 19.4. The highest BCUT2D eigenvalue weighted by Gasteiger charge is 2.58. The van der Waals surface area contributed by atoms with Crippen LogP contribution in [-0.2, 0) is 23.7 Å². The number of fused-ring (bicyclic) bond motifs is 1. The summed E-state index contributed by atoms with van der Waals surface area (Å²) in [6, 6.07) is 16.6. The van der Waals surface area contributed by atoms with Crippen molar-refractivity contribution in [2.24, 2.45) is 0 Å². The summed E-state index contributed by atoms with van der Waals surface area (Å²) < 4.78 is 126. The van der Waals surface area contributed by atoms with Gasteiger partial charge in [-0.05, 0) is 84.3 Å². The van der Waals surface area contributed by atoms with Crippen molar-refractivity contribution in [1.82, 2.24) is 15.2 Å². The molecule has 2 N–H and O–H groups in total. The molecule has 2 unspecified atom stereocenters. The second kappa shape index (κ2) is 16.1. The van der Waals surface area contributed by atoms with E-state index >= 15 is 0 Å². The third-order valence-electron chi connectivity index (χ3n) is 9.19. The van der Waals surface area contributed by atoms with Crippen molar-refractivity contribution in [2.75, 3.05) is 14.2 Å². The maximum atomic E-state index is 13.9. The maximum Gasteiger partial charge on any atom is 0.417 e. The van der Waals surface area contributed by atoms with Gasteiger partial charge >= 0.3 is 12.4 Å². The van der Waals surface area contributed by atoms with E-state index in [1.807, 2.05) is 0 Å². The zero-order valence-corrected chi connectivity index (χ0v) is 30.8. The van der Waals surface area contributed by atoms with E-state index in [9.17, 15) is 45.3 Å². The van der Waals surface area contributed by atoms with E-state index in [4.69, 9.17) is 13.9 Å². The first kappa shape index (κ1) is 42.9. The molecule has 0 spiro atoms. The van der Waals surface area contributed by atoms with Crippen molar-refractivity contribution in [3.05, 3.63) is 113 Å². The summed E-state index contributed by atoms with van der Waals surface area (Å²) >= 11 is 0. The monoisotopic (exact) mass is 783 g/mol. The van der Waals surface area contributed by atoms with Gasteiger partial charge in [0.25, 0.3) is 0 Å². The smallest absolute Gasteiger partial charge is 0.417 e. The van der Waals surface area contributed by atoms with E-state index in [2.05, 4.69) is 15.2 Å². The molecular weight excluding hydrogens is 742 g/mol. The SMILES string of the molecule is COc1ccc(F)cc1C(C)(C)CC(O)(Cc1cccnn1)C(F)(F)F.COc1ccc(F)cc1C(C)(C)CC(O)(Cc1nc2ccccc2o1)C(F)(F)F. The predicted octanol–water partition coefficient (Wildman–Crippen LogP) is 9.01. The minimum atomic E-state index is -4.97. The number of aliphatic hydroxyl groups is 2. The Morgan fingerprint density at radius 3 is 1.58 bits per heavy atom. The third-order valence-corrected chi connectivity index (χ3v) is 9.19. The summed E-state index contributed by atoms with van der Waals surface area (Å²) in [5.74, 6) is -0.946. The molecule has 0 fully saturated rings. The zero-order valence-electron chi connectivity index (χ0n) is 30.8. The molecule has 0 bridgehead atoms. The fourth-order valence-electron chi connectivity index (χ4n) is 6.57. The molecule has 0 aliphatic carbocycles. The van der Waals surface area contributed by atoms with E-state index < -0.39 is 71.7 Å². The molecule has 2 atom stereocenters. The average Bonchev–Trinajstić information content (AvgIpc) is 3.49. The molecule has 0 radical (unpaired) electrons. The van der Waals surface area contributed by atoms with Crippen LogP contribution < -0.4 is 9.47 Å². The van der Waals surface area contributed by atoms with Crippen molar-refractivity contribution in [2.45, 2.75) is 87.8 Å². The summed E-state index contributed by atoms with van der Waals surface area (Å²) in [6.07, 6.45) is -11.6. The molecular formula is C39H41F8N3O5. The number of ether oxygens (including phenoxy) is 2. The first-order valence-corrected chi connectivity index (χ1v) is 16.8. The van der Waals surface area contributed by atoms with Crippen LogP contribution in [0.5, 0.6) is 11.5 Å². The lowest BCUT2D eigenvalue weighted by atomic mass is 9.73. The first-order chi connectivity index (χ1) is 25.4. The number of halogens is 8.